The van der Waals surface area contributed by atoms with Gasteiger partial charge in [0.2, 0.25) is 0 Å². The Kier molecular flexibility index (Phi) is 4.19. The van der Waals surface area contributed by atoms with Crippen LogP contribution in [0, 0.1) is 0 Å². The lowest BCUT2D eigenvalue weighted by molar-refractivity contribution is 0.134. The lowest BCUT2D eigenvalue weighted by Crippen LogP contribution is -2.25. The fraction of sp³-hybridized carbons (Fsp3) is 0.750. The lowest BCUT2D eigenvalue weighted by Gasteiger charge is -2.11. The van der Waals surface area contributed by atoms with Gasteiger partial charge in [-0.25, -0.2) is 9.56 Å². The van der Waals surface area contributed by atoms with Crippen molar-refractivity contribution in [1.29, 1.82) is 0 Å². The Bertz CT molecular complexity index is 214. The van der Waals surface area contributed by atoms with Gasteiger partial charge in [0, 0.05) is 7.11 Å². The molecule has 0 aromatic rings. The van der Waals surface area contributed by atoms with Gasteiger partial charge in [0.15, 0.2) is 12.2 Å². The number of aliphatic imine (C=N–C) groups is 1. The first kappa shape index (κ1) is 11.4. The minimum atomic E-state index is -4.00. The van der Waals surface area contributed by atoms with Gasteiger partial charge in [0.25, 0.3) is 0 Å². The molecule has 0 bridgehead atoms. The summed E-state index contributed by atoms with van der Waals surface area (Å²) in [7, 11) is -2.96. The van der Waals surface area contributed by atoms with E-state index in [1.807, 2.05) is 0 Å². The number of phosphoric ester groups is 1. The largest absolute Gasteiger partial charge is 0.473 e. The normalized spacial score (nSPS) is 17.9. The van der Waals surface area contributed by atoms with E-state index in [1.54, 1.807) is 0 Å². The molecule has 0 radical (unpaired) electrons. The van der Waals surface area contributed by atoms with Crippen molar-refractivity contribution in [2.24, 2.45) is 16.5 Å². The molecule has 0 saturated carbocycles. The molecule has 0 spiro atoms. The van der Waals surface area contributed by atoms with E-state index in [0.29, 0.717) is 0 Å². The van der Waals surface area contributed by atoms with Crippen molar-refractivity contribution in [3.05, 3.63) is 0 Å². The minimum Gasteiger partial charge on any atom is -0.370 e. The van der Waals surface area contributed by atoms with Crippen molar-refractivity contribution in [1.82, 2.24) is 0 Å². The van der Waals surface area contributed by atoms with Crippen LogP contribution in [0.1, 0.15) is 6.92 Å². The third-order valence-electron chi connectivity index (χ3n) is 0.847. The monoisotopic (exact) mass is 197 g/mol. The summed E-state index contributed by atoms with van der Waals surface area (Å²) in [6.45, 7) is 1.40. The first-order valence-electron chi connectivity index (χ1n) is 3.03. The number of nitrogens with zero attached hydrogens (tertiary/aromatic N) is 1. The lowest BCUT2D eigenvalue weighted by atomic mass is 10.7. The third-order valence-corrected chi connectivity index (χ3v) is 1.88. The zero-order valence-electron chi connectivity index (χ0n) is 6.80. The Hall–Kier alpha value is -0.620. The number of rotatable bonds is 4. The van der Waals surface area contributed by atoms with Gasteiger partial charge in [0.05, 0.1) is 0 Å². The van der Waals surface area contributed by atoms with E-state index in [9.17, 15) is 4.57 Å². The highest BCUT2D eigenvalue weighted by molar-refractivity contribution is 7.47. The first-order chi connectivity index (χ1) is 5.37. The van der Waals surface area contributed by atoms with Crippen molar-refractivity contribution >= 4 is 13.8 Å². The molecule has 0 amide bonds. The zero-order valence-corrected chi connectivity index (χ0v) is 7.69. The van der Waals surface area contributed by atoms with Crippen LogP contribution in [0.25, 0.3) is 0 Å². The third kappa shape index (κ3) is 5.09. The van der Waals surface area contributed by atoms with Crippen LogP contribution in [0.4, 0.5) is 0 Å². The van der Waals surface area contributed by atoms with Gasteiger partial charge >= 0.3 is 7.82 Å². The Morgan fingerprint density at radius 2 is 2.17 bits per heavy atom. The van der Waals surface area contributed by atoms with E-state index in [4.69, 9.17) is 16.4 Å². The second-order valence-electron chi connectivity index (χ2n) is 1.91. The fourth-order valence-corrected chi connectivity index (χ4v) is 0.988. The quantitative estimate of drug-likeness (QED) is 0.313. The molecule has 0 aliphatic carbocycles. The first-order valence-corrected chi connectivity index (χ1v) is 4.52. The molecule has 0 aromatic carbocycles. The van der Waals surface area contributed by atoms with Crippen LogP contribution >= 0.6 is 7.82 Å². The maximum absolute atomic E-state index is 10.7. The molecule has 2 atom stereocenters. The average molecular weight is 197 g/mol. The maximum Gasteiger partial charge on any atom is 0.473 e. The van der Waals surface area contributed by atoms with E-state index in [2.05, 4.69) is 14.0 Å². The molecule has 72 valence electrons. The van der Waals surface area contributed by atoms with E-state index in [1.165, 1.54) is 6.92 Å². The van der Waals surface area contributed by atoms with Crippen molar-refractivity contribution in [3.8, 4) is 0 Å². The summed E-state index contributed by atoms with van der Waals surface area (Å²) in [6, 6.07) is 0. The summed E-state index contributed by atoms with van der Waals surface area (Å²) in [4.78, 5) is 12.2. The number of nitrogens with two attached hydrogens (primary N) is 2. The summed E-state index contributed by atoms with van der Waals surface area (Å²) in [6.07, 6.45) is -0.911. The molecule has 0 saturated heterocycles. The van der Waals surface area contributed by atoms with Gasteiger partial charge in [-0.15, -0.1) is 0 Å². The standard InChI is InChI=1S/C4H12N3O4P/c1-3(7-4(5)6)11-12(8,9)10-2/h3H,1-2H3,(H,8,9)(H4,5,6,7). The van der Waals surface area contributed by atoms with Gasteiger partial charge < -0.3 is 16.4 Å². The van der Waals surface area contributed by atoms with Gasteiger partial charge in [-0.2, -0.15) is 0 Å². The van der Waals surface area contributed by atoms with Crippen LogP contribution in [-0.4, -0.2) is 24.2 Å². The molecule has 12 heavy (non-hydrogen) atoms. The van der Waals surface area contributed by atoms with Crippen LogP contribution in [0.15, 0.2) is 4.99 Å². The maximum atomic E-state index is 10.7. The second kappa shape index (κ2) is 4.42. The Labute approximate surface area is 70.0 Å². The summed E-state index contributed by atoms with van der Waals surface area (Å²) in [5.41, 5.74) is 9.98. The summed E-state index contributed by atoms with van der Waals surface area (Å²) < 4.78 is 19.3. The van der Waals surface area contributed by atoms with E-state index in [0.717, 1.165) is 7.11 Å². The molecule has 0 rings (SSSR count). The highest BCUT2D eigenvalue weighted by atomic mass is 31.2. The molecule has 7 nitrogen and oxygen atoms in total. The van der Waals surface area contributed by atoms with Crippen molar-refractivity contribution in [2.75, 3.05) is 7.11 Å². The molecule has 5 N–H and O–H groups in total. The molecule has 0 fully saturated rings. The minimum absolute atomic E-state index is 0.224. The molecule has 2 unspecified atom stereocenters. The molecule has 0 heterocycles. The predicted molar refractivity (Wildman–Crippen MR) is 43.2 cm³/mol. The molecule has 8 heteroatoms. The molecular weight excluding hydrogens is 185 g/mol. The van der Waals surface area contributed by atoms with Gasteiger partial charge in [-0.3, -0.25) is 9.05 Å². The highest BCUT2D eigenvalue weighted by Crippen LogP contribution is 2.43. The Balaban J connectivity index is 4.10. The zero-order chi connectivity index (χ0) is 9.78. The molecule has 0 aromatic heterocycles. The summed E-state index contributed by atoms with van der Waals surface area (Å²) >= 11 is 0. The van der Waals surface area contributed by atoms with Crippen LogP contribution < -0.4 is 11.5 Å². The average Bonchev–Trinajstić information content (AvgIpc) is 1.84. The number of guanidine groups is 1. The number of phosphoric acid groups is 1. The summed E-state index contributed by atoms with van der Waals surface area (Å²) in [5.74, 6) is -0.224. The van der Waals surface area contributed by atoms with E-state index >= 15 is 0 Å². The van der Waals surface area contributed by atoms with Gasteiger partial charge in [-0.05, 0) is 6.92 Å². The van der Waals surface area contributed by atoms with Crippen LogP contribution in [0.3, 0.4) is 0 Å². The van der Waals surface area contributed by atoms with Crippen LogP contribution in [0.2, 0.25) is 0 Å². The predicted octanol–water partition coefficient (Wildman–Crippen LogP) is -0.631. The number of hydrogen-bond acceptors (Lipinski definition) is 4. The fourth-order valence-electron chi connectivity index (χ4n) is 0.469. The van der Waals surface area contributed by atoms with Gasteiger partial charge in [0.1, 0.15) is 0 Å². The Morgan fingerprint density at radius 3 is 2.50 bits per heavy atom. The second-order valence-corrected chi connectivity index (χ2v) is 3.42. The van der Waals surface area contributed by atoms with Crippen LogP contribution in [0.5, 0.6) is 0 Å². The SMILES string of the molecule is COP(=O)(O)OC(C)N=C(N)N. The molecular formula is C4H12N3O4P. The van der Waals surface area contributed by atoms with Crippen molar-refractivity contribution in [3.63, 3.8) is 0 Å². The highest BCUT2D eigenvalue weighted by Gasteiger charge is 2.21. The van der Waals surface area contributed by atoms with Crippen molar-refractivity contribution < 1.29 is 18.5 Å². The summed E-state index contributed by atoms with van der Waals surface area (Å²) in [5, 5.41) is 0. The Morgan fingerprint density at radius 1 is 1.67 bits per heavy atom. The van der Waals surface area contributed by atoms with Crippen LogP contribution in [-0.2, 0) is 13.6 Å². The molecule has 0 aliphatic rings. The molecule has 0 aliphatic heterocycles. The smallest absolute Gasteiger partial charge is 0.370 e. The topological polar surface area (TPSA) is 120 Å². The van der Waals surface area contributed by atoms with E-state index < -0.39 is 14.1 Å². The van der Waals surface area contributed by atoms with Crippen molar-refractivity contribution in [2.45, 2.75) is 13.2 Å². The van der Waals surface area contributed by atoms with E-state index in [-0.39, 0.29) is 5.96 Å². The van der Waals surface area contributed by atoms with Gasteiger partial charge in [-0.1, -0.05) is 0 Å². The number of hydrogen-bond donors (Lipinski definition) is 3.